The van der Waals surface area contributed by atoms with Crippen molar-refractivity contribution < 1.29 is 31.4 Å². The number of ether oxygens (including phenoxy) is 3. The summed E-state index contributed by atoms with van der Waals surface area (Å²) in [5, 5.41) is 0.377. The first-order valence-corrected chi connectivity index (χ1v) is 18.3. The van der Waals surface area contributed by atoms with Crippen LogP contribution in [-0.2, 0) is 14.6 Å². The van der Waals surface area contributed by atoms with E-state index in [4.69, 9.17) is 14.2 Å². The molecule has 2 aromatic heterocycles. The van der Waals surface area contributed by atoms with Crippen molar-refractivity contribution >= 4 is 39.6 Å². The lowest BCUT2D eigenvalue weighted by Gasteiger charge is -2.38. The molecule has 0 spiro atoms. The molecule has 4 aromatic rings. The zero-order valence-electron chi connectivity index (χ0n) is 26.4. The van der Waals surface area contributed by atoms with E-state index in [0.29, 0.717) is 33.1 Å². The summed E-state index contributed by atoms with van der Waals surface area (Å²) >= 11 is 0. The largest absolute Gasteiger partial charge is 0.480 e. The lowest BCUT2D eigenvalue weighted by molar-refractivity contribution is 0.0512. The zero-order chi connectivity index (χ0) is 32.6. The summed E-state index contributed by atoms with van der Waals surface area (Å²) in [4.78, 5) is 12.3. The monoisotopic (exact) mass is 641 g/mol. The molecule has 0 unspecified atom stereocenters. The molecule has 0 amide bonds. The van der Waals surface area contributed by atoms with Crippen LogP contribution in [0.4, 0.5) is 8.78 Å². The summed E-state index contributed by atoms with van der Waals surface area (Å²) in [5.74, 6) is 1.99. The number of benzene rings is 2. The lowest BCUT2D eigenvalue weighted by Crippen LogP contribution is -2.43. The van der Waals surface area contributed by atoms with Crippen LogP contribution in [0.2, 0.25) is 16.6 Å². The Morgan fingerprint density at radius 1 is 0.977 bits per heavy atom. The molecular weight excluding hydrogens is 605 g/mol. The number of sulfone groups is 1. The van der Waals surface area contributed by atoms with Gasteiger partial charge in [-0.25, -0.2) is 32.2 Å². The van der Waals surface area contributed by atoms with Gasteiger partial charge in [-0.1, -0.05) is 53.5 Å². The molecule has 12 heteroatoms. The molecule has 8 nitrogen and oxygen atoms in total. The van der Waals surface area contributed by atoms with E-state index in [0.717, 1.165) is 12.5 Å². The molecule has 0 aliphatic heterocycles. The highest BCUT2D eigenvalue weighted by molar-refractivity contribution is 7.90. The molecule has 0 aliphatic carbocycles. The van der Waals surface area contributed by atoms with Crippen molar-refractivity contribution in [1.82, 2.24) is 15.0 Å². The molecule has 44 heavy (non-hydrogen) atoms. The fourth-order valence-corrected chi connectivity index (χ4v) is 11.8. The van der Waals surface area contributed by atoms with Gasteiger partial charge >= 0.3 is 0 Å². The summed E-state index contributed by atoms with van der Waals surface area (Å²) < 4.78 is 73.0. The van der Waals surface area contributed by atoms with Crippen molar-refractivity contribution in [2.24, 2.45) is 0 Å². The Labute approximate surface area is 258 Å². The quantitative estimate of drug-likeness (QED) is 0.0827. The maximum Gasteiger partial charge on any atom is 0.247 e. The SMILES string of the molecule is COCOc1cc(-c2nc(OC)c3cnc(S(C)(=O)=O)nc3c2F)c2c(C#C[Si](C(C)C)(C(C)C)C(C)C)c(F)ccc2c1. The third kappa shape index (κ3) is 6.01. The van der Waals surface area contributed by atoms with Gasteiger partial charge in [-0.15, -0.1) is 5.54 Å². The van der Waals surface area contributed by atoms with Gasteiger partial charge in [0.25, 0.3) is 0 Å². The second-order valence-electron chi connectivity index (χ2n) is 11.7. The molecular formula is C32H37F2N3O5SSi. The van der Waals surface area contributed by atoms with Crippen molar-refractivity contribution in [1.29, 1.82) is 0 Å². The van der Waals surface area contributed by atoms with Gasteiger partial charge in [0.1, 0.15) is 30.9 Å². The van der Waals surface area contributed by atoms with E-state index in [-0.39, 0.29) is 40.4 Å². The van der Waals surface area contributed by atoms with Crippen molar-refractivity contribution in [3.05, 3.63) is 47.7 Å². The number of nitrogens with zero attached hydrogens (tertiary/aromatic N) is 3. The van der Waals surface area contributed by atoms with E-state index in [1.807, 2.05) is 0 Å². The molecule has 4 rings (SSSR count). The van der Waals surface area contributed by atoms with E-state index in [2.05, 4.69) is 68.0 Å². The van der Waals surface area contributed by atoms with E-state index >= 15 is 8.78 Å². The van der Waals surface area contributed by atoms with E-state index < -0.39 is 34.7 Å². The van der Waals surface area contributed by atoms with Crippen molar-refractivity contribution in [3.63, 3.8) is 0 Å². The maximum atomic E-state index is 16.5. The highest BCUT2D eigenvalue weighted by Gasteiger charge is 2.41. The number of halogens is 2. The summed E-state index contributed by atoms with van der Waals surface area (Å²) in [7, 11) is -3.34. The van der Waals surface area contributed by atoms with Crippen molar-refractivity contribution in [2.75, 3.05) is 27.3 Å². The van der Waals surface area contributed by atoms with Crippen LogP contribution in [0.5, 0.6) is 11.6 Å². The number of hydrogen-bond donors (Lipinski definition) is 0. The van der Waals surface area contributed by atoms with Gasteiger partial charge in [0.2, 0.25) is 20.9 Å². The summed E-state index contributed by atoms with van der Waals surface area (Å²) in [6, 6.07) is 6.12. The predicted octanol–water partition coefficient (Wildman–Crippen LogP) is 7.09. The lowest BCUT2D eigenvalue weighted by atomic mass is 9.95. The number of methoxy groups -OCH3 is 2. The summed E-state index contributed by atoms with van der Waals surface area (Å²) in [6.07, 6.45) is 2.08. The third-order valence-corrected chi connectivity index (χ3v) is 15.2. The molecule has 234 valence electrons. The first kappa shape index (κ1) is 33.2. The van der Waals surface area contributed by atoms with Crippen LogP contribution >= 0.6 is 0 Å². The van der Waals surface area contributed by atoms with Crippen LogP contribution in [-0.4, -0.2) is 58.7 Å². The van der Waals surface area contributed by atoms with Gasteiger partial charge in [-0.2, -0.15) is 0 Å². The van der Waals surface area contributed by atoms with Gasteiger partial charge in [-0.05, 0) is 40.2 Å². The Balaban J connectivity index is 2.17. The van der Waals surface area contributed by atoms with Gasteiger partial charge < -0.3 is 14.2 Å². The predicted molar refractivity (Wildman–Crippen MR) is 170 cm³/mol. The minimum Gasteiger partial charge on any atom is -0.480 e. The number of pyridine rings is 1. The molecule has 0 atom stereocenters. The molecule has 0 saturated carbocycles. The van der Waals surface area contributed by atoms with Crippen LogP contribution < -0.4 is 9.47 Å². The third-order valence-electron chi connectivity index (χ3n) is 8.06. The first-order chi connectivity index (χ1) is 20.7. The van der Waals surface area contributed by atoms with Gasteiger partial charge in [0, 0.05) is 30.5 Å². The van der Waals surface area contributed by atoms with Gasteiger partial charge in [-0.3, -0.25) is 0 Å². The van der Waals surface area contributed by atoms with Gasteiger partial charge in [0.05, 0.1) is 18.1 Å². The number of hydrogen-bond acceptors (Lipinski definition) is 8. The van der Waals surface area contributed by atoms with Crippen molar-refractivity contribution in [3.8, 4) is 34.4 Å². The standard InChI is InChI=1S/C32H37F2N3O5SSi/c1-18(2)44(19(3)4,20(5)6)13-12-23-26(33)11-10-21-14-22(42-17-40-7)15-24(27(21)23)29-28(34)30-25(31(36-29)41-8)16-35-32(37-30)43(9,38)39/h10-11,14-16,18-20H,17H2,1-9H3. The molecule has 0 fully saturated rings. The first-order valence-electron chi connectivity index (χ1n) is 14.2. The van der Waals surface area contributed by atoms with E-state index in [1.54, 1.807) is 12.1 Å². The average Bonchev–Trinajstić information content (AvgIpc) is 2.96. The fraction of sp³-hybridized carbons (Fsp3) is 0.406. The van der Waals surface area contributed by atoms with Crippen LogP contribution in [0.25, 0.3) is 32.9 Å². The molecule has 0 radical (unpaired) electrons. The highest BCUT2D eigenvalue weighted by atomic mass is 32.2. The topological polar surface area (TPSA) is 100 Å². The maximum absolute atomic E-state index is 16.5. The molecule has 0 bridgehead atoms. The smallest absolute Gasteiger partial charge is 0.247 e. The minimum atomic E-state index is -3.86. The number of rotatable bonds is 9. The zero-order valence-corrected chi connectivity index (χ0v) is 28.2. The molecule has 2 heterocycles. The van der Waals surface area contributed by atoms with Crippen LogP contribution in [0.3, 0.4) is 0 Å². The average molecular weight is 642 g/mol. The Morgan fingerprint density at radius 2 is 1.64 bits per heavy atom. The summed E-state index contributed by atoms with van der Waals surface area (Å²) in [5.41, 5.74) is 4.19. The molecule has 2 aromatic carbocycles. The van der Waals surface area contributed by atoms with Crippen LogP contribution in [0.15, 0.2) is 35.6 Å². The second kappa shape index (κ2) is 12.8. The molecule has 0 N–H and O–H groups in total. The number of fused-ring (bicyclic) bond motifs is 2. The van der Waals surface area contributed by atoms with Crippen LogP contribution in [0.1, 0.15) is 47.1 Å². The molecule has 0 aliphatic rings. The normalized spacial score (nSPS) is 12.3. The fourth-order valence-electron chi connectivity index (χ4n) is 6.06. The van der Waals surface area contributed by atoms with E-state index in [9.17, 15) is 8.42 Å². The minimum absolute atomic E-state index is 0.0392. The van der Waals surface area contributed by atoms with Gasteiger partial charge in [0.15, 0.2) is 12.6 Å². The summed E-state index contributed by atoms with van der Waals surface area (Å²) in [6.45, 7) is 12.9. The Hall–Kier alpha value is -3.66. The van der Waals surface area contributed by atoms with E-state index in [1.165, 1.54) is 26.4 Å². The Bertz CT molecular complexity index is 1880. The van der Waals surface area contributed by atoms with Crippen LogP contribution in [0, 0.1) is 23.1 Å². The highest BCUT2D eigenvalue weighted by Crippen LogP contribution is 2.42. The Morgan fingerprint density at radius 3 is 2.20 bits per heavy atom. The van der Waals surface area contributed by atoms with Crippen molar-refractivity contribution in [2.45, 2.75) is 63.3 Å². The second-order valence-corrected chi connectivity index (χ2v) is 19.1. The number of aromatic nitrogens is 3. The molecule has 0 saturated heterocycles. The Kier molecular flexibility index (Phi) is 9.63.